The third kappa shape index (κ3) is 1.20. The number of hydrogen-bond acceptors (Lipinski definition) is 4. The van der Waals surface area contributed by atoms with Crippen LogP contribution in [-0.4, -0.2) is 22.9 Å². The van der Waals surface area contributed by atoms with Gasteiger partial charge in [0.05, 0.1) is 0 Å². The molecule has 0 aromatic heterocycles. The number of carbonyl (C=O) groups is 1. The van der Waals surface area contributed by atoms with E-state index in [0.717, 1.165) is 0 Å². The van der Waals surface area contributed by atoms with Crippen molar-refractivity contribution in [1.29, 1.82) is 0 Å². The monoisotopic (exact) mass is 131 g/mol. The average Bonchev–Trinajstić information content (AvgIpc) is 2.10. The van der Waals surface area contributed by atoms with Crippen molar-refractivity contribution in [2.24, 2.45) is 5.73 Å². The summed E-state index contributed by atoms with van der Waals surface area (Å²) < 4.78 is 4.55. The van der Waals surface area contributed by atoms with Crippen molar-refractivity contribution < 1.29 is 14.6 Å². The number of ether oxygens (including phenoxy) is 1. The molecule has 1 aliphatic rings. The Morgan fingerprint density at radius 3 is 2.56 bits per heavy atom. The molecule has 3 N–H and O–H groups in total. The van der Waals surface area contributed by atoms with Crippen LogP contribution in [0.5, 0.6) is 0 Å². The highest BCUT2D eigenvalue weighted by molar-refractivity contribution is 5.67. The second kappa shape index (κ2) is 1.68. The van der Waals surface area contributed by atoms with Crippen molar-refractivity contribution in [3.05, 3.63) is 0 Å². The molecular formula is C5H9NO3. The van der Waals surface area contributed by atoms with Crippen molar-refractivity contribution in [3.63, 3.8) is 0 Å². The molecule has 9 heavy (non-hydrogen) atoms. The van der Waals surface area contributed by atoms with Crippen molar-refractivity contribution >= 4 is 5.97 Å². The predicted molar refractivity (Wildman–Crippen MR) is 29.3 cm³/mol. The molecule has 1 rings (SSSR count). The maximum absolute atomic E-state index is 10.2. The van der Waals surface area contributed by atoms with Crippen LogP contribution in [0.1, 0.15) is 13.3 Å². The fourth-order valence-corrected chi connectivity index (χ4v) is 0.621. The molecule has 0 heterocycles. The van der Waals surface area contributed by atoms with Gasteiger partial charge in [0.2, 0.25) is 0 Å². The van der Waals surface area contributed by atoms with Gasteiger partial charge < -0.3 is 9.84 Å². The molecule has 4 heteroatoms. The SMILES string of the molecule is CC(=O)OC1(N)CC1O. The fourth-order valence-electron chi connectivity index (χ4n) is 0.621. The molecular weight excluding hydrogens is 122 g/mol. The minimum Gasteiger partial charge on any atom is -0.441 e. The van der Waals surface area contributed by atoms with Crippen LogP contribution in [0.2, 0.25) is 0 Å². The molecule has 1 fully saturated rings. The summed E-state index contributed by atoms with van der Waals surface area (Å²) in [6.45, 7) is 1.26. The lowest BCUT2D eigenvalue weighted by Gasteiger charge is -2.07. The van der Waals surface area contributed by atoms with E-state index in [1.807, 2.05) is 0 Å². The number of aliphatic hydroxyl groups excluding tert-OH is 1. The van der Waals surface area contributed by atoms with E-state index in [4.69, 9.17) is 10.8 Å². The maximum Gasteiger partial charge on any atom is 0.304 e. The second-order valence-corrected chi connectivity index (χ2v) is 2.27. The van der Waals surface area contributed by atoms with Crippen LogP contribution in [0, 0.1) is 0 Å². The number of rotatable bonds is 1. The van der Waals surface area contributed by atoms with Crippen LogP contribution in [0.25, 0.3) is 0 Å². The van der Waals surface area contributed by atoms with Crippen LogP contribution in [0.3, 0.4) is 0 Å². The summed E-state index contributed by atoms with van der Waals surface area (Å²) in [5, 5.41) is 8.73. The van der Waals surface area contributed by atoms with E-state index in [2.05, 4.69) is 4.74 Å². The zero-order valence-electron chi connectivity index (χ0n) is 5.13. The molecule has 1 aliphatic carbocycles. The van der Waals surface area contributed by atoms with Gasteiger partial charge in [0.1, 0.15) is 6.10 Å². The Bertz CT molecular complexity index is 147. The summed E-state index contributed by atoms with van der Waals surface area (Å²) in [5.74, 6) is -0.450. The Kier molecular flexibility index (Phi) is 1.22. The Hall–Kier alpha value is -0.610. The lowest BCUT2D eigenvalue weighted by Crippen LogP contribution is -2.32. The summed E-state index contributed by atoms with van der Waals surface area (Å²) >= 11 is 0. The second-order valence-electron chi connectivity index (χ2n) is 2.27. The number of hydrogen-bond donors (Lipinski definition) is 2. The zero-order valence-corrected chi connectivity index (χ0v) is 5.13. The highest BCUT2D eigenvalue weighted by Crippen LogP contribution is 2.33. The largest absolute Gasteiger partial charge is 0.441 e. The molecule has 1 saturated carbocycles. The van der Waals surface area contributed by atoms with E-state index in [1.165, 1.54) is 6.92 Å². The topological polar surface area (TPSA) is 72.5 Å². The number of esters is 1. The summed E-state index contributed by atoms with van der Waals surface area (Å²) in [4.78, 5) is 10.2. The molecule has 0 amide bonds. The molecule has 2 atom stereocenters. The van der Waals surface area contributed by atoms with Gasteiger partial charge in [-0.05, 0) is 0 Å². The van der Waals surface area contributed by atoms with E-state index < -0.39 is 17.8 Å². The van der Waals surface area contributed by atoms with Crippen molar-refractivity contribution in [1.82, 2.24) is 0 Å². The minimum atomic E-state index is -1.06. The van der Waals surface area contributed by atoms with Crippen LogP contribution >= 0.6 is 0 Å². The van der Waals surface area contributed by atoms with Crippen molar-refractivity contribution in [2.45, 2.75) is 25.2 Å². The Balaban J connectivity index is 2.37. The summed E-state index contributed by atoms with van der Waals surface area (Å²) in [5.41, 5.74) is 4.23. The lowest BCUT2D eigenvalue weighted by molar-refractivity contribution is -0.150. The summed E-state index contributed by atoms with van der Waals surface area (Å²) in [6, 6.07) is 0. The van der Waals surface area contributed by atoms with Gasteiger partial charge in [-0.1, -0.05) is 0 Å². The first-order valence-electron chi connectivity index (χ1n) is 2.71. The molecule has 0 radical (unpaired) electrons. The summed E-state index contributed by atoms with van der Waals surface area (Å²) in [6.07, 6.45) is -0.312. The van der Waals surface area contributed by atoms with Gasteiger partial charge >= 0.3 is 5.97 Å². The van der Waals surface area contributed by atoms with E-state index in [-0.39, 0.29) is 0 Å². The third-order valence-electron chi connectivity index (χ3n) is 1.25. The molecule has 52 valence electrons. The molecule has 0 aromatic rings. The quantitative estimate of drug-likeness (QED) is 0.352. The lowest BCUT2D eigenvalue weighted by atomic mass is 10.6. The molecule has 0 saturated heterocycles. The standard InChI is InChI=1S/C5H9NO3/c1-3(7)9-5(6)2-4(5)8/h4,8H,2,6H2,1H3. The van der Waals surface area contributed by atoms with Gasteiger partial charge in [-0.2, -0.15) is 0 Å². The van der Waals surface area contributed by atoms with E-state index in [9.17, 15) is 4.79 Å². The molecule has 0 spiro atoms. The molecule has 4 nitrogen and oxygen atoms in total. The van der Waals surface area contributed by atoms with E-state index >= 15 is 0 Å². The van der Waals surface area contributed by atoms with Crippen molar-refractivity contribution in [2.75, 3.05) is 0 Å². The van der Waals surface area contributed by atoms with Gasteiger partial charge in [0.25, 0.3) is 0 Å². The van der Waals surface area contributed by atoms with Crippen LogP contribution < -0.4 is 5.73 Å². The average molecular weight is 131 g/mol. The zero-order chi connectivity index (χ0) is 7.07. The number of aliphatic hydroxyl groups is 1. The Morgan fingerprint density at radius 1 is 2.00 bits per heavy atom. The first kappa shape index (κ1) is 6.51. The molecule has 0 bridgehead atoms. The van der Waals surface area contributed by atoms with Crippen LogP contribution in [0.4, 0.5) is 0 Å². The number of carbonyl (C=O) groups excluding carboxylic acids is 1. The van der Waals surface area contributed by atoms with Gasteiger partial charge in [0, 0.05) is 13.3 Å². The van der Waals surface area contributed by atoms with Crippen LogP contribution in [0.15, 0.2) is 0 Å². The molecule has 0 aromatic carbocycles. The van der Waals surface area contributed by atoms with Gasteiger partial charge in [-0.3, -0.25) is 10.5 Å². The van der Waals surface area contributed by atoms with Gasteiger partial charge in [-0.15, -0.1) is 0 Å². The number of nitrogens with two attached hydrogens (primary N) is 1. The van der Waals surface area contributed by atoms with Gasteiger partial charge in [-0.25, -0.2) is 0 Å². The van der Waals surface area contributed by atoms with Crippen molar-refractivity contribution in [3.8, 4) is 0 Å². The third-order valence-corrected chi connectivity index (χ3v) is 1.25. The van der Waals surface area contributed by atoms with E-state index in [1.54, 1.807) is 0 Å². The Morgan fingerprint density at radius 2 is 2.44 bits per heavy atom. The highest BCUT2D eigenvalue weighted by atomic mass is 16.6. The molecule has 2 unspecified atom stereocenters. The highest BCUT2D eigenvalue weighted by Gasteiger charge is 2.54. The predicted octanol–water partition coefficient (Wildman–Crippen LogP) is -1.03. The van der Waals surface area contributed by atoms with E-state index in [0.29, 0.717) is 6.42 Å². The van der Waals surface area contributed by atoms with Gasteiger partial charge in [0.15, 0.2) is 5.72 Å². The first-order chi connectivity index (χ1) is 4.04. The smallest absolute Gasteiger partial charge is 0.304 e. The normalized spacial score (nSPS) is 40.1. The van der Waals surface area contributed by atoms with Crippen LogP contribution in [-0.2, 0) is 9.53 Å². The first-order valence-corrected chi connectivity index (χ1v) is 2.71. The fraction of sp³-hybridized carbons (Fsp3) is 0.800. The summed E-state index contributed by atoms with van der Waals surface area (Å²) in [7, 11) is 0. The molecule has 0 aliphatic heterocycles. The Labute approximate surface area is 52.6 Å². The minimum absolute atomic E-state index is 0.354. The maximum atomic E-state index is 10.2.